The summed E-state index contributed by atoms with van der Waals surface area (Å²) in [5.41, 5.74) is 0.989. The molecule has 2 aromatic rings. The van der Waals surface area contributed by atoms with E-state index in [0.717, 1.165) is 17.9 Å². The summed E-state index contributed by atoms with van der Waals surface area (Å²) < 4.78 is 27.1. The number of H-pyrrole nitrogens is 1. The lowest BCUT2D eigenvalue weighted by molar-refractivity contribution is 0.583. The third kappa shape index (κ3) is 4.14. The fraction of sp³-hybridized carbons (Fsp3) is 0.417. The van der Waals surface area contributed by atoms with Crippen LogP contribution in [0.3, 0.4) is 0 Å². The smallest absolute Gasteiger partial charge is 0.250 e. The van der Waals surface area contributed by atoms with Gasteiger partial charge in [-0.1, -0.05) is 6.92 Å². The van der Waals surface area contributed by atoms with E-state index in [1.165, 1.54) is 11.3 Å². The van der Waals surface area contributed by atoms with E-state index in [1.807, 2.05) is 12.3 Å². The van der Waals surface area contributed by atoms with Crippen LogP contribution in [0.25, 0.3) is 0 Å². The summed E-state index contributed by atoms with van der Waals surface area (Å²) >= 11 is 1.24. The van der Waals surface area contributed by atoms with Gasteiger partial charge in [0.1, 0.15) is 10.0 Å². The average Bonchev–Trinajstić information content (AvgIpc) is 3.07. The van der Waals surface area contributed by atoms with E-state index >= 15 is 0 Å². The zero-order valence-electron chi connectivity index (χ0n) is 11.2. The predicted octanol–water partition coefficient (Wildman–Crippen LogP) is 1.10. The molecule has 0 radical (unpaired) electrons. The van der Waals surface area contributed by atoms with Gasteiger partial charge in [0, 0.05) is 31.9 Å². The molecule has 2 heterocycles. The number of nitrogens with one attached hydrogen (secondary N) is 3. The molecular formula is C12H18N4O2S2. The Kier molecular flexibility index (Phi) is 5.30. The van der Waals surface area contributed by atoms with Crippen molar-refractivity contribution in [2.75, 3.05) is 13.1 Å². The van der Waals surface area contributed by atoms with E-state index in [9.17, 15) is 8.42 Å². The largest absolute Gasteiger partial charge is 0.349 e. The van der Waals surface area contributed by atoms with Crippen LogP contribution in [0, 0.1) is 0 Å². The van der Waals surface area contributed by atoms with Gasteiger partial charge in [0.15, 0.2) is 0 Å². The normalized spacial score (nSPS) is 11.8. The van der Waals surface area contributed by atoms with Gasteiger partial charge in [-0.2, -0.15) is 0 Å². The van der Waals surface area contributed by atoms with E-state index < -0.39 is 10.0 Å². The number of aromatic nitrogens is 2. The molecule has 110 valence electrons. The number of rotatable bonds is 8. The number of hydrogen-bond donors (Lipinski definition) is 3. The van der Waals surface area contributed by atoms with Crippen LogP contribution in [0.4, 0.5) is 0 Å². The molecule has 0 aliphatic rings. The molecule has 2 aromatic heterocycles. The molecule has 0 unspecified atom stereocenters. The number of imidazole rings is 1. The van der Waals surface area contributed by atoms with Crippen molar-refractivity contribution < 1.29 is 8.42 Å². The molecule has 0 bridgehead atoms. The molecule has 0 fully saturated rings. The average molecular weight is 314 g/mol. The van der Waals surface area contributed by atoms with Crippen molar-refractivity contribution in [3.05, 3.63) is 35.2 Å². The minimum absolute atomic E-state index is 0.330. The fourth-order valence-corrected chi connectivity index (χ4v) is 3.95. The molecule has 0 atom stereocenters. The first-order chi connectivity index (χ1) is 9.62. The second-order valence-corrected chi connectivity index (χ2v) is 7.14. The van der Waals surface area contributed by atoms with Gasteiger partial charge >= 0.3 is 0 Å². The molecule has 0 spiro atoms. The summed E-state index contributed by atoms with van der Waals surface area (Å²) in [6.07, 6.45) is 3.91. The zero-order chi connectivity index (χ0) is 14.4. The number of hydrogen-bond acceptors (Lipinski definition) is 5. The van der Waals surface area contributed by atoms with Crippen LogP contribution in [-0.2, 0) is 23.0 Å². The minimum atomic E-state index is -3.42. The van der Waals surface area contributed by atoms with Crippen molar-refractivity contribution in [1.82, 2.24) is 20.0 Å². The third-order valence-electron chi connectivity index (χ3n) is 2.68. The second kappa shape index (κ2) is 6.98. The molecule has 20 heavy (non-hydrogen) atoms. The Bertz CT molecular complexity index is 620. The lowest BCUT2D eigenvalue weighted by Crippen LogP contribution is -2.25. The van der Waals surface area contributed by atoms with Crippen molar-refractivity contribution in [3.63, 3.8) is 0 Å². The Hall–Kier alpha value is -1.22. The molecule has 0 aliphatic carbocycles. The monoisotopic (exact) mass is 314 g/mol. The molecular weight excluding hydrogens is 296 g/mol. The highest BCUT2D eigenvalue weighted by atomic mass is 32.2. The quantitative estimate of drug-likeness (QED) is 0.681. The van der Waals surface area contributed by atoms with Gasteiger partial charge in [-0.25, -0.2) is 18.1 Å². The van der Waals surface area contributed by atoms with Gasteiger partial charge in [0.05, 0.1) is 0 Å². The van der Waals surface area contributed by atoms with Gasteiger partial charge < -0.3 is 10.3 Å². The predicted molar refractivity (Wildman–Crippen MR) is 79.2 cm³/mol. The van der Waals surface area contributed by atoms with Gasteiger partial charge in [-0.3, -0.25) is 0 Å². The van der Waals surface area contributed by atoms with E-state index in [0.29, 0.717) is 23.7 Å². The Balaban J connectivity index is 1.90. The SMILES string of the molecule is CCNCc1csc(S(=O)(=O)NCCc2ncc[nH]2)c1. The van der Waals surface area contributed by atoms with E-state index in [4.69, 9.17) is 0 Å². The molecule has 0 saturated carbocycles. The topological polar surface area (TPSA) is 86.9 Å². The maximum Gasteiger partial charge on any atom is 0.250 e. The maximum atomic E-state index is 12.1. The van der Waals surface area contributed by atoms with Crippen LogP contribution in [0.5, 0.6) is 0 Å². The van der Waals surface area contributed by atoms with Crippen LogP contribution >= 0.6 is 11.3 Å². The lowest BCUT2D eigenvalue weighted by atomic mass is 10.3. The van der Waals surface area contributed by atoms with E-state index in [1.54, 1.807) is 18.5 Å². The summed E-state index contributed by atoms with van der Waals surface area (Å²) in [5, 5.41) is 5.03. The number of sulfonamides is 1. The second-order valence-electron chi connectivity index (χ2n) is 4.24. The number of thiophene rings is 1. The highest BCUT2D eigenvalue weighted by molar-refractivity contribution is 7.91. The van der Waals surface area contributed by atoms with Crippen molar-refractivity contribution in [1.29, 1.82) is 0 Å². The first kappa shape index (κ1) is 15.2. The highest BCUT2D eigenvalue weighted by Gasteiger charge is 2.16. The van der Waals surface area contributed by atoms with Crippen molar-refractivity contribution >= 4 is 21.4 Å². The van der Waals surface area contributed by atoms with Gasteiger partial charge in [0.25, 0.3) is 0 Å². The Labute approximate surface area is 122 Å². The van der Waals surface area contributed by atoms with E-state index in [2.05, 4.69) is 20.0 Å². The summed E-state index contributed by atoms with van der Waals surface area (Å²) in [4.78, 5) is 6.99. The summed E-state index contributed by atoms with van der Waals surface area (Å²) in [6.45, 7) is 3.89. The Morgan fingerprint density at radius 1 is 1.45 bits per heavy atom. The Morgan fingerprint density at radius 3 is 3.00 bits per heavy atom. The van der Waals surface area contributed by atoms with Crippen molar-refractivity contribution in [3.8, 4) is 0 Å². The summed E-state index contributed by atoms with van der Waals surface area (Å²) in [7, 11) is -3.42. The molecule has 0 aliphatic heterocycles. The lowest BCUT2D eigenvalue weighted by Gasteiger charge is -2.03. The summed E-state index contributed by atoms with van der Waals surface area (Å²) in [6, 6.07) is 1.71. The fourth-order valence-electron chi connectivity index (χ4n) is 1.67. The van der Waals surface area contributed by atoms with Crippen LogP contribution in [0.15, 0.2) is 28.0 Å². The minimum Gasteiger partial charge on any atom is -0.349 e. The van der Waals surface area contributed by atoms with Crippen molar-refractivity contribution in [2.24, 2.45) is 0 Å². The molecule has 6 nitrogen and oxygen atoms in total. The van der Waals surface area contributed by atoms with Crippen LogP contribution < -0.4 is 10.0 Å². The number of aromatic amines is 1. The number of nitrogens with zero attached hydrogens (tertiary/aromatic N) is 1. The first-order valence-corrected chi connectivity index (χ1v) is 8.74. The van der Waals surface area contributed by atoms with Crippen LogP contribution in [0.1, 0.15) is 18.3 Å². The third-order valence-corrected chi connectivity index (χ3v) is 5.63. The van der Waals surface area contributed by atoms with Gasteiger partial charge in [0.2, 0.25) is 10.0 Å². The Morgan fingerprint density at radius 2 is 2.30 bits per heavy atom. The standard InChI is InChI=1S/C12H18N4O2S2/c1-2-13-8-10-7-12(19-9-10)20(17,18)16-4-3-11-14-5-6-15-11/h5-7,9,13,16H,2-4,8H2,1H3,(H,14,15). The van der Waals surface area contributed by atoms with Gasteiger partial charge in [-0.15, -0.1) is 11.3 Å². The molecule has 8 heteroatoms. The van der Waals surface area contributed by atoms with E-state index in [-0.39, 0.29) is 0 Å². The maximum absolute atomic E-state index is 12.1. The molecule has 3 N–H and O–H groups in total. The van der Waals surface area contributed by atoms with Crippen LogP contribution in [-0.4, -0.2) is 31.5 Å². The van der Waals surface area contributed by atoms with Gasteiger partial charge in [-0.05, 0) is 23.6 Å². The molecule has 0 aromatic carbocycles. The van der Waals surface area contributed by atoms with Crippen molar-refractivity contribution in [2.45, 2.75) is 24.1 Å². The molecule has 0 amide bonds. The first-order valence-electron chi connectivity index (χ1n) is 6.38. The summed E-state index contributed by atoms with van der Waals surface area (Å²) in [5.74, 6) is 0.770. The highest BCUT2D eigenvalue weighted by Crippen LogP contribution is 2.19. The zero-order valence-corrected chi connectivity index (χ0v) is 12.9. The molecule has 2 rings (SSSR count). The molecule has 0 saturated heterocycles. The van der Waals surface area contributed by atoms with Crippen LogP contribution in [0.2, 0.25) is 0 Å².